The van der Waals surface area contributed by atoms with E-state index in [0.29, 0.717) is 11.4 Å². The molecule has 20 heavy (non-hydrogen) atoms. The van der Waals surface area contributed by atoms with Crippen molar-refractivity contribution in [1.29, 1.82) is 0 Å². The Kier molecular flexibility index (Phi) is 6.18. The Morgan fingerprint density at radius 1 is 1.00 bits per heavy atom. The van der Waals surface area contributed by atoms with Gasteiger partial charge in [0.15, 0.2) is 0 Å². The highest BCUT2D eigenvalue weighted by Gasteiger charge is 2.07. The number of carbonyl (C=O) groups is 2. The van der Waals surface area contributed by atoms with Crippen molar-refractivity contribution in [2.75, 3.05) is 17.2 Å². The third-order valence-electron chi connectivity index (χ3n) is 2.51. The lowest BCUT2D eigenvalue weighted by atomic mass is 10.2. The minimum Gasteiger partial charge on any atom is -0.369 e. The summed E-state index contributed by atoms with van der Waals surface area (Å²) in [6.07, 6.45) is 0.0226. The van der Waals surface area contributed by atoms with Crippen LogP contribution in [0.4, 0.5) is 11.4 Å². The Labute approximate surface area is 119 Å². The van der Waals surface area contributed by atoms with Crippen LogP contribution in [0.3, 0.4) is 0 Å². The molecule has 0 aromatic heterocycles. The zero-order valence-electron chi connectivity index (χ0n) is 12.4. The molecule has 2 N–H and O–H groups in total. The average molecular weight is 278 g/mol. The summed E-state index contributed by atoms with van der Waals surface area (Å²) in [6.45, 7) is 7.44. The number of hydrogen-bond acceptors (Lipinski definition) is 3. The van der Waals surface area contributed by atoms with Crippen molar-refractivity contribution in [3.05, 3.63) is 24.3 Å². The van der Waals surface area contributed by atoms with Crippen LogP contribution in [-0.2, 0) is 14.3 Å². The second-order valence-electron chi connectivity index (χ2n) is 5.13. The van der Waals surface area contributed by atoms with Gasteiger partial charge in [-0.25, -0.2) is 0 Å². The minimum atomic E-state index is -0.197. The van der Waals surface area contributed by atoms with E-state index in [2.05, 4.69) is 10.6 Å². The van der Waals surface area contributed by atoms with Crippen molar-refractivity contribution < 1.29 is 14.3 Å². The average Bonchev–Trinajstić information content (AvgIpc) is 2.38. The summed E-state index contributed by atoms with van der Waals surface area (Å²) in [4.78, 5) is 23.1. The quantitative estimate of drug-likeness (QED) is 0.840. The van der Waals surface area contributed by atoms with Crippen molar-refractivity contribution >= 4 is 23.2 Å². The largest absolute Gasteiger partial charge is 0.369 e. The standard InChI is InChI=1S/C15H22N2O3/c1-10(2)15(19)17-13-7-5-12(6-8-13)16-14(18)9-20-11(3)4/h5-8,10-11H,9H2,1-4H3,(H,16,18)(H,17,19). The zero-order chi connectivity index (χ0) is 15.1. The fourth-order valence-electron chi connectivity index (χ4n) is 1.36. The molecule has 5 heteroatoms. The predicted molar refractivity (Wildman–Crippen MR) is 79.6 cm³/mol. The lowest BCUT2D eigenvalue weighted by molar-refractivity contribution is -0.122. The fourth-order valence-corrected chi connectivity index (χ4v) is 1.36. The van der Waals surface area contributed by atoms with Crippen LogP contribution >= 0.6 is 0 Å². The first-order valence-corrected chi connectivity index (χ1v) is 6.71. The van der Waals surface area contributed by atoms with Gasteiger partial charge in [-0.1, -0.05) is 13.8 Å². The van der Waals surface area contributed by atoms with E-state index < -0.39 is 0 Å². The van der Waals surface area contributed by atoms with Gasteiger partial charge in [0.1, 0.15) is 6.61 Å². The highest BCUT2D eigenvalue weighted by atomic mass is 16.5. The fraction of sp³-hybridized carbons (Fsp3) is 0.467. The van der Waals surface area contributed by atoms with Crippen LogP contribution in [0.15, 0.2) is 24.3 Å². The van der Waals surface area contributed by atoms with Gasteiger partial charge in [-0.05, 0) is 38.1 Å². The highest BCUT2D eigenvalue weighted by Crippen LogP contribution is 2.14. The van der Waals surface area contributed by atoms with E-state index >= 15 is 0 Å². The molecule has 0 aliphatic rings. The summed E-state index contributed by atoms with van der Waals surface area (Å²) in [7, 11) is 0. The number of hydrogen-bond donors (Lipinski definition) is 2. The first-order valence-electron chi connectivity index (χ1n) is 6.71. The molecule has 0 unspecified atom stereocenters. The summed E-state index contributed by atoms with van der Waals surface area (Å²) < 4.78 is 5.21. The maximum Gasteiger partial charge on any atom is 0.250 e. The lowest BCUT2D eigenvalue weighted by Gasteiger charge is -2.10. The van der Waals surface area contributed by atoms with E-state index in [1.165, 1.54) is 0 Å². The lowest BCUT2D eigenvalue weighted by Crippen LogP contribution is -2.20. The molecule has 1 rings (SSSR count). The highest BCUT2D eigenvalue weighted by molar-refractivity contribution is 5.94. The van der Waals surface area contributed by atoms with Gasteiger partial charge in [-0.2, -0.15) is 0 Å². The monoisotopic (exact) mass is 278 g/mol. The van der Waals surface area contributed by atoms with Crippen molar-refractivity contribution in [1.82, 2.24) is 0 Å². The van der Waals surface area contributed by atoms with Crippen LogP contribution in [0.25, 0.3) is 0 Å². The summed E-state index contributed by atoms with van der Waals surface area (Å²) in [6, 6.07) is 6.98. The molecular weight excluding hydrogens is 256 g/mol. The molecule has 110 valence electrons. The van der Waals surface area contributed by atoms with Crippen LogP contribution in [0.1, 0.15) is 27.7 Å². The molecule has 0 spiro atoms. The molecule has 5 nitrogen and oxygen atoms in total. The van der Waals surface area contributed by atoms with E-state index in [-0.39, 0.29) is 30.4 Å². The van der Waals surface area contributed by atoms with Crippen molar-refractivity contribution in [3.8, 4) is 0 Å². The summed E-state index contributed by atoms with van der Waals surface area (Å²) in [5.74, 6) is -0.299. The Balaban J connectivity index is 2.50. The molecule has 0 aliphatic carbocycles. The van der Waals surface area contributed by atoms with Gasteiger partial charge >= 0.3 is 0 Å². The molecule has 0 fully saturated rings. The number of amides is 2. The summed E-state index contributed by atoms with van der Waals surface area (Å²) in [5, 5.41) is 5.51. The van der Waals surface area contributed by atoms with Crippen molar-refractivity contribution in [2.24, 2.45) is 5.92 Å². The predicted octanol–water partition coefficient (Wildman–Crippen LogP) is 2.64. The first-order chi connectivity index (χ1) is 9.38. The van der Waals surface area contributed by atoms with Gasteiger partial charge in [0.25, 0.3) is 0 Å². The Bertz CT molecular complexity index is 453. The number of nitrogens with one attached hydrogen (secondary N) is 2. The van der Waals surface area contributed by atoms with E-state index in [9.17, 15) is 9.59 Å². The van der Waals surface area contributed by atoms with Crippen LogP contribution in [0, 0.1) is 5.92 Å². The first kappa shape index (κ1) is 16.2. The molecule has 0 radical (unpaired) electrons. The van der Waals surface area contributed by atoms with E-state index in [1.54, 1.807) is 24.3 Å². The molecule has 0 bridgehead atoms. The van der Waals surface area contributed by atoms with Gasteiger partial charge < -0.3 is 15.4 Å². The van der Waals surface area contributed by atoms with E-state index in [0.717, 1.165) is 0 Å². The zero-order valence-corrected chi connectivity index (χ0v) is 12.4. The smallest absolute Gasteiger partial charge is 0.250 e. The van der Waals surface area contributed by atoms with Gasteiger partial charge in [-0.3, -0.25) is 9.59 Å². The second-order valence-corrected chi connectivity index (χ2v) is 5.13. The Morgan fingerprint density at radius 3 is 1.95 bits per heavy atom. The van der Waals surface area contributed by atoms with Gasteiger partial charge in [0.05, 0.1) is 6.10 Å². The van der Waals surface area contributed by atoms with Crippen molar-refractivity contribution in [3.63, 3.8) is 0 Å². The molecule has 0 atom stereocenters. The normalized spacial score (nSPS) is 10.7. The maximum absolute atomic E-state index is 11.6. The number of carbonyl (C=O) groups excluding carboxylic acids is 2. The maximum atomic E-state index is 11.6. The third-order valence-corrected chi connectivity index (χ3v) is 2.51. The molecule has 2 amide bonds. The third kappa shape index (κ3) is 5.84. The van der Waals surface area contributed by atoms with Crippen LogP contribution < -0.4 is 10.6 Å². The molecule has 0 aliphatic heterocycles. The molecule has 1 aromatic rings. The van der Waals surface area contributed by atoms with Gasteiger partial charge in [0.2, 0.25) is 11.8 Å². The Morgan fingerprint density at radius 2 is 1.50 bits per heavy atom. The summed E-state index contributed by atoms with van der Waals surface area (Å²) in [5.41, 5.74) is 1.38. The minimum absolute atomic E-state index is 0.0226. The van der Waals surface area contributed by atoms with Gasteiger partial charge in [0, 0.05) is 17.3 Å². The van der Waals surface area contributed by atoms with E-state index in [1.807, 2.05) is 27.7 Å². The van der Waals surface area contributed by atoms with Crippen molar-refractivity contribution in [2.45, 2.75) is 33.8 Å². The number of ether oxygens (including phenoxy) is 1. The SMILES string of the molecule is CC(C)OCC(=O)Nc1ccc(NC(=O)C(C)C)cc1. The van der Waals surface area contributed by atoms with Crippen LogP contribution in [-0.4, -0.2) is 24.5 Å². The topological polar surface area (TPSA) is 67.4 Å². The molecule has 0 saturated carbocycles. The number of anilines is 2. The second kappa shape index (κ2) is 7.65. The number of benzene rings is 1. The van der Waals surface area contributed by atoms with Crippen LogP contribution in [0.5, 0.6) is 0 Å². The van der Waals surface area contributed by atoms with Crippen LogP contribution in [0.2, 0.25) is 0 Å². The summed E-state index contributed by atoms with van der Waals surface area (Å²) >= 11 is 0. The Hall–Kier alpha value is -1.88. The van der Waals surface area contributed by atoms with E-state index in [4.69, 9.17) is 4.74 Å². The molecule has 1 aromatic carbocycles. The number of rotatable bonds is 6. The molecular formula is C15H22N2O3. The molecule has 0 heterocycles. The van der Waals surface area contributed by atoms with Gasteiger partial charge in [-0.15, -0.1) is 0 Å². The molecule has 0 saturated heterocycles.